The summed E-state index contributed by atoms with van der Waals surface area (Å²) in [6.45, 7) is 2.27. The molecular weight excluding hydrogens is 332 g/mol. The fraction of sp³-hybridized carbons (Fsp3) is 0.682. The van der Waals surface area contributed by atoms with Gasteiger partial charge in [0.05, 0.1) is 5.56 Å². The molecule has 2 nitrogen and oxygen atoms in total. The maximum Gasteiger partial charge on any atom is 0.256 e. The summed E-state index contributed by atoms with van der Waals surface area (Å²) in [6.07, 6.45) is 18.5. The lowest BCUT2D eigenvalue weighted by atomic mass is 10.0. The molecule has 3 heteroatoms. The number of halogens is 1. The molecule has 1 N–H and O–H groups in total. The molecule has 1 aromatic rings. The number of hydrogen-bond acceptors (Lipinski definition) is 2. The van der Waals surface area contributed by atoms with Crippen LogP contribution in [-0.4, -0.2) is 10.3 Å². The van der Waals surface area contributed by atoms with Gasteiger partial charge in [0.1, 0.15) is 5.75 Å². The van der Waals surface area contributed by atoms with Crippen LogP contribution in [0.5, 0.6) is 5.75 Å². The van der Waals surface area contributed by atoms with Crippen LogP contribution in [0.4, 0.5) is 0 Å². The fourth-order valence-electron chi connectivity index (χ4n) is 3.25. The van der Waals surface area contributed by atoms with Crippen molar-refractivity contribution in [3.8, 4) is 5.75 Å². The van der Waals surface area contributed by atoms with Crippen molar-refractivity contribution in [2.24, 2.45) is 0 Å². The molecule has 1 aromatic carbocycles. The van der Waals surface area contributed by atoms with E-state index in [-0.39, 0.29) is 11.3 Å². The van der Waals surface area contributed by atoms with Crippen LogP contribution in [0.1, 0.15) is 106 Å². The van der Waals surface area contributed by atoms with Gasteiger partial charge in [-0.15, -0.1) is 0 Å². The van der Waals surface area contributed by atoms with Crippen molar-refractivity contribution in [3.63, 3.8) is 0 Å². The molecule has 0 atom stereocenters. The van der Waals surface area contributed by atoms with Crippen molar-refractivity contribution in [2.45, 2.75) is 96.8 Å². The molecule has 25 heavy (non-hydrogen) atoms. The Morgan fingerprint density at radius 1 is 0.840 bits per heavy atom. The van der Waals surface area contributed by atoms with Gasteiger partial charge < -0.3 is 5.11 Å². The second-order valence-electron chi connectivity index (χ2n) is 7.12. The number of hydrogen-bond donors (Lipinski definition) is 1. The molecule has 0 spiro atoms. The molecule has 0 amide bonds. The molecule has 0 saturated heterocycles. The minimum Gasteiger partial charge on any atom is -0.507 e. The van der Waals surface area contributed by atoms with Crippen molar-refractivity contribution in [1.82, 2.24) is 0 Å². The monoisotopic (exact) mass is 366 g/mol. The number of rotatable bonds is 15. The van der Waals surface area contributed by atoms with E-state index in [2.05, 4.69) is 6.92 Å². The first-order valence-electron chi connectivity index (χ1n) is 10.2. The Balaban J connectivity index is 1.95. The summed E-state index contributed by atoms with van der Waals surface area (Å²) in [6, 6.07) is 5.16. The van der Waals surface area contributed by atoms with Gasteiger partial charge in [0.2, 0.25) is 0 Å². The maximum absolute atomic E-state index is 11.1. The van der Waals surface area contributed by atoms with Crippen molar-refractivity contribution in [2.75, 3.05) is 0 Å². The molecule has 0 fully saturated rings. The zero-order valence-electron chi connectivity index (χ0n) is 15.9. The lowest BCUT2D eigenvalue weighted by Crippen LogP contribution is -1.92. The van der Waals surface area contributed by atoms with Crippen molar-refractivity contribution >= 4 is 16.8 Å². The van der Waals surface area contributed by atoms with Crippen molar-refractivity contribution in [3.05, 3.63) is 29.3 Å². The molecule has 0 unspecified atom stereocenters. The van der Waals surface area contributed by atoms with Crippen LogP contribution in [-0.2, 0) is 6.42 Å². The summed E-state index contributed by atoms with van der Waals surface area (Å²) in [7, 11) is 0. The van der Waals surface area contributed by atoms with Gasteiger partial charge in [-0.3, -0.25) is 4.79 Å². The molecule has 0 aliphatic rings. The average Bonchev–Trinajstić information content (AvgIpc) is 2.58. The highest BCUT2D eigenvalue weighted by molar-refractivity contribution is 6.68. The summed E-state index contributed by atoms with van der Waals surface area (Å²) in [5.74, 6) is -0.00723. The van der Waals surface area contributed by atoms with Gasteiger partial charge in [0.15, 0.2) is 0 Å². The Labute approximate surface area is 159 Å². The largest absolute Gasteiger partial charge is 0.507 e. The summed E-state index contributed by atoms with van der Waals surface area (Å²) < 4.78 is 0. The van der Waals surface area contributed by atoms with Gasteiger partial charge in [0.25, 0.3) is 5.24 Å². The molecule has 0 aromatic heterocycles. The highest BCUT2D eigenvalue weighted by Crippen LogP contribution is 2.22. The van der Waals surface area contributed by atoms with Crippen molar-refractivity contribution in [1.29, 1.82) is 0 Å². The van der Waals surface area contributed by atoms with Crippen LogP contribution in [0.2, 0.25) is 0 Å². The second-order valence-corrected chi connectivity index (χ2v) is 7.46. The highest BCUT2D eigenvalue weighted by atomic mass is 35.5. The number of phenolic OH excluding ortho intramolecular Hbond substituents is 1. The molecule has 1 rings (SSSR count). The molecular formula is C22H35ClO2. The second kappa shape index (κ2) is 14.2. The number of aromatic hydroxyl groups is 1. The minimum atomic E-state index is -0.606. The normalized spacial score (nSPS) is 11.0. The Morgan fingerprint density at radius 2 is 1.32 bits per heavy atom. The van der Waals surface area contributed by atoms with E-state index >= 15 is 0 Å². The minimum absolute atomic E-state index is 0.00723. The van der Waals surface area contributed by atoms with E-state index in [0.717, 1.165) is 18.4 Å². The molecule has 0 aliphatic heterocycles. The number of benzene rings is 1. The van der Waals surface area contributed by atoms with Crippen LogP contribution < -0.4 is 0 Å². The maximum atomic E-state index is 11.1. The number of aryl methyl sites for hydroxylation is 1. The highest BCUT2D eigenvalue weighted by Gasteiger charge is 2.08. The van der Waals surface area contributed by atoms with E-state index in [1.54, 1.807) is 12.1 Å². The third-order valence-corrected chi connectivity index (χ3v) is 5.05. The van der Waals surface area contributed by atoms with Crippen LogP contribution in [0, 0.1) is 0 Å². The molecule has 0 saturated carbocycles. The Kier molecular flexibility index (Phi) is 12.5. The van der Waals surface area contributed by atoms with E-state index in [1.165, 1.54) is 77.0 Å². The van der Waals surface area contributed by atoms with E-state index in [4.69, 9.17) is 11.6 Å². The van der Waals surface area contributed by atoms with Gasteiger partial charge >= 0.3 is 0 Å². The van der Waals surface area contributed by atoms with Crippen molar-refractivity contribution < 1.29 is 9.90 Å². The first-order chi connectivity index (χ1) is 12.1. The summed E-state index contributed by atoms with van der Waals surface area (Å²) >= 11 is 5.40. The van der Waals surface area contributed by atoms with Crippen LogP contribution >= 0.6 is 11.6 Å². The smallest absolute Gasteiger partial charge is 0.256 e. The first kappa shape index (κ1) is 22.0. The molecule has 0 bridgehead atoms. The molecule has 0 radical (unpaired) electrons. The third-order valence-electron chi connectivity index (χ3n) is 4.84. The molecule has 142 valence electrons. The molecule has 0 heterocycles. The first-order valence-corrected chi connectivity index (χ1v) is 10.5. The predicted octanol–water partition coefficient (Wildman–Crippen LogP) is 7.40. The molecule has 0 aliphatic carbocycles. The van der Waals surface area contributed by atoms with Gasteiger partial charge in [-0.1, -0.05) is 90.0 Å². The number of unbranched alkanes of at least 4 members (excludes halogenated alkanes) is 12. The van der Waals surface area contributed by atoms with E-state index in [9.17, 15) is 9.90 Å². The van der Waals surface area contributed by atoms with E-state index in [0.29, 0.717) is 0 Å². The lowest BCUT2D eigenvalue weighted by molar-refractivity contribution is 0.107. The zero-order chi connectivity index (χ0) is 18.3. The Bertz CT molecular complexity index is 485. The van der Waals surface area contributed by atoms with E-state index in [1.807, 2.05) is 6.07 Å². The summed E-state index contributed by atoms with van der Waals surface area (Å²) in [4.78, 5) is 11.1. The van der Waals surface area contributed by atoms with Gasteiger partial charge in [-0.25, -0.2) is 0 Å². The van der Waals surface area contributed by atoms with Crippen LogP contribution in [0.25, 0.3) is 0 Å². The van der Waals surface area contributed by atoms with Crippen LogP contribution in [0.3, 0.4) is 0 Å². The summed E-state index contributed by atoms with van der Waals surface area (Å²) in [5, 5.41) is 9.15. The quantitative estimate of drug-likeness (QED) is 0.259. The number of carbonyl (C=O) groups is 1. The topological polar surface area (TPSA) is 37.3 Å². The van der Waals surface area contributed by atoms with Gasteiger partial charge in [-0.2, -0.15) is 0 Å². The predicted molar refractivity (Wildman–Crippen MR) is 108 cm³/mol. The zero-order valence-corrected chi connectivity index (χ0v) is 16.6. The standard InChI is InChI=1S/C22H35ClO2/c1-2-3-4-5-6-7-8-9-10-11-12-13-14-15-19-16-17-20(22(23)25)21(24)18-19/h16-18,24H,2-15H2,1H3. The Morgan fingerprint density at radius 3 is 1.76 bits per heavy atom. The SMILES string of the molecule is CCCCCCCCCCCCCCCc1ccc(C(=O)Cl)c(O)c1. The fourth-order valence-corrected chi connectivity index (χ4v) is 3.41. The average molecular weight is 367 g/mol. The number of phenols is 1. The third kappa shape index (κ3) is 10.5. The Hall–Kier alpha value is -1.02. The van der Waals surface area contributed by atoms with Crippen LogP contribution in [0.15, 0.2) is 18.2 Å². The van der Waals surface area contributed by atoms with E-state index < -0.39 is 5.24 Å². The number of carbonyl (C=O) groups excluding carboxylic acids is 1. The van der Waals surface area contributed by atoms with Gasteiger partial charge in [-0.05, 0) is 42.1 Å². The summed E-state index contributed by atoms with van der Waals surface area (Å²) in [5.41, 5.74) is 1.26. The van der Waals surface area contributed by atoms with Gasteiger partial charge in [0, 0.05) is 0 Å². The lowest BCUT2D eigenvalue weighted by Gasteiger charge is -2.05.